The fourth-order valence-electron chi connectivity index (χ4n) is 2.61. The second-order valence-electron chi connectivity index (χ2n) is 4.25. The van der Waals surface area contributed by atoms with Crippen LogP contribution in [-0.2, 0) is 12.8 Å². The van der Waals surface area contributed by atoms with Crippen molar-refractivity contribution in [2.45, 2.75) is 31.8 Å². The monoisotopic (exact) mass is 268 g/mol. The Kier molecular flexibility index (Phi) is 2.25. The summed E-state index contributed by atoms with van der Waals surface area (Å²) in [7, 11) is 0. The van der Waals surface area contributed by atoms with Crippen molar-refractivity contribution in [1.82, 2.24) is 0 Å². The number of benzene rings is 1. The van der Waals surface area contributed by atoms with E-state index in [1.54, 1.807) is 0 Å². The Labute approximate surface area is 97.4 Å². The van der Waals surface area contributed by atoms with Gasteiger partial charge in [0.05, 0.1) is 12.7 Å². The Morgan fingerprint density at radius 1 is 1.40 bits per heavy atom. The molecule has 0 saturated heterocycles. The Hall–Kier alpha value is -0.540. The lowest BCUT2D eigenvalue weighted by atomic mass is 9.87. The molecule has 80 valence electrons. The van der Waals surface area contributed by atoms with Crippen LogP contribution < -0.4 is 4.74 Å². The van der Waals surface area contributed by atoms with Crippen molar-refractivity contribution in [3.05, 3.63) is 27.2 Å². The third kappa shape index (κ3) is 1.41. The summed E-state index contributed by atoms with van der Waals surface area (Å²) in [6, 6.07) is 2.11. The summed E-state index contributed by atoms with van der Waals surface area (Å²) in [4.78, 5) is 0. The van der Waals surface area contributed by atoms with E-state index in [0.29, 0.717) is 0 Å². The molecule has 2 aliphatic rings. The normalized spacial score (nSPS) is 23.2. The third-order valence-electron chi connectivity index (χ3n) is 3.30. The highest BCUT2D eigenvalue weighted by atomic mass is 79.9. The molecule has 1 aliphatic heterocycles. The molecule has 0 saturated carbocycles. The molecule has 0 spiro atoms. The van der Waals surface area contributed by atoms with Crippen molar-refractivity contribution >= 4 is 15.9 Å². The zero-order valence-electron chi connectivity index (χ0n) is 8.42. The summed E-state index contributed by atoms with van der Waals surface area (Å²) in [5.41, 5.74) is 3.58. The van der Waals surface area contributed by atoms with Gasteiger partial charge in [0.15, 0.2) is 0 Å². The smallest absolute Gasteiger partial charge is 0.126 e. The second kappa shape index (κ2) is 3.49. The van der Waals surface area contributed by atoms with Gasteiger partial charge in [-0.2, -0.15) is 0 Å². The molecule has 3 heteroatoms. The molecular formula is C12H13BrO2. The first-order valence-electron chi connectivity index (χ1n) is 5.42. The van der Waals surface area contributed by atoms with Crippen LogP contribution >= 0.6 is 15.9 Å². The van der Waals surface area contributed by atoms with E-state index in [1.165, 1.54) is 11.1 Å². The molecule has 0 fully saturated rings. The van der Waals surface area contributed by atoms with Gasteiger partial charge in [-0.25, -0.2) is 0 Å². The minimum absolute atomic E-state index is 0.322. The number of halogens is 1. The van der Waals surface area contributed by atoms with Gasteiger partial charge < -0.3 is 9.84 Å². The van der Waals surface area contributed by atoms with Gasteiger partial charge >= 0.3 is 0 Å². The standard InChI is InChI=1S/C12H13BrO2/c13-9-6-7-4-5-15-12(7)8-2-1-3-10(14)11(8)9/h6,10,14H,1-5H2. The van der Waals surface area contributed by atoms with Crippen LogP contribution in [0.3, 0.4) is 0 Å². The molecule has 1 heterocycles. The summed E-state index contributed by atoms with van der Waals surface area (Å²) < 4.78 is 6.72. The van der Waals surface area contributed by atoms with Crippen LogP contribution in [0.4, 0.5) is 0 Å². The van der Waals surface area contributed by atoms with E-state index in [0.717, 1.165) is 48.1 Å². The number of ether oxygens (including phenoxy) is 1. The number of aliphatic hydroxyl groups excluding tert-OH is 1. The first-order valence-corrected chi connectivity index (χ1v) is 6.21. The summed E-state index contributed by atoms with van der Waals surface area (Å²) in [6.45, 7) is 0.786. The van der Waals surface area contributed by atoms with Crippen molar-refractivity contribution in [2.75, 3.05) is 6.61 Å². The highest BCUT2D eigenvalue weighted by Gasteiger charge is 2.28. The molecule has 1 unspecified atom stereocenters. The number of hydrogen-bond acceptors (Lipinski definition) is 2. The second-order valence-corrected chi connectivity index (χ2v) is 5.10. The molecule has 0 radical (unpaired) electrons. The average Bonchev–Trinajstić information content (AvgIpc) is 2.65. The molecule has 0 aromatic heterocycles. The Morgan fingerprint density at radius 3 is 3.13 bits per heavy atom. The minimum Gasteiger partial charge on any atom is -0.493 e. The minimum atomic E-state index is -0.322. The van der Waals surface area contributed by atoms with Crippen LogP contribution in [0.25, 0.3) is 0 Å². The SMILES string of the molecule is OC1CCCc2c3c(cc(Br)c21)CCO3. The molecule has 0 bridgehead atoms. The molecule has 1 atom stereocenters. The first-order chi connectivity index (χ1) is 7.27. The average molecular weight is 269 g/mol. The van der Waals surface area contributed by atoms with Gasteiger partial charge in [0.25, 0.3) is 0 Å². The van der Waals surface area contributed by atoms with Crippen molar-refractivity contribution in [3.63, 3.8) is 0 Å². The molecular weight excluding hydrogens is 256 g/mol. The molecule has 1 aromatic rings. The van der Waals surface area contributed by atoms with Crippen molar-refractivity contribution in [2.24, 2.45) is 0 Å². The van der Waals surface area contributed by atoms with Crippen LogP contribution in [0.15, 0.2) is 10.5 Å². The molecule has 1 aromatic carbocycles. The molecule has 2 nitrogen and oxygen atoms in total. The van der Waals surface area contributed by atoms with Gasteiger partial charge in [-0.15, -0.1) is 0 Å². The first kappa shape index (κ1) is 9.67. The van der Waals surface area contributed by atoms with Gasteiger partial charge in [-0.1, -0.05) is 15.9 Å². The van der Waals surface area contributed by atoms with Crippen molar-refractivity contribution < 1.29 is 9.84 Å². The quantitative estimate of drug-likeness (QED) is 0.784. The van der Waals surface area contributed by atoms with E-state index in [4.69, 9.17) is 4.74 Å². The van der Waals surface area contributed by atoms with E-state index >= 15 is 0 Å². The lowest BCUT2D eigenvalue weighted by Crippen LogP contribution is -2.11. The molecule has 1 N–H and O–H groups in total. The summed E-state index contributed by atoms with van der Waals surface area (Å²) >= 11 is 3.56. The van der Waals surface area contributed by atoms with Crippen molar-refractivity contribution in [1.29, 1.82) is 0 Å². The van der Waals surface area contributed by atoms with Crippen LogP contribution in [0, 0.1) is 0 Å². The van der Waals surface area contributed by atoms with Crippen LogP contribution in [0.5, 0.6) is 5.75 Å². The zero-order valence-corrected chi connectivity index (χ0v) is 10.0. The highest BCUT2D eigenvalue weighted by Crippen LogP contribution is 2.43. The predicted octanol–water partition coefficient (Wildman–Crippen LogP) is 2.75. The Morgan fingerprint density at radius 2 is 2.27 bits per heavy atom. The van der Waals surface area contributed by atoms with Crippen LogP contribution in [-0.4, -0.2) is 11.7 Å². The maximum absolute atomic E-state index is 9.99. The largest absolute Gasteiger partial charge is 0.493 e. The molecule has 1 aliphatic carbocycles. The maximum atomic E-state index is 9.99. The lowest BCUT2D eigenvalue weighted by molar-refractivity contribution is 0.155. The van der Waals surface area contributed by atoms with Gasteiger partial charge in [-0.05, 0) is 30.9 Å². The van der Waals surface area contributed by atoms with Gasteiger partial charge in [-0.3, -0.25) is 0 Å². The molecule has 15 heavy (non-hydrogen) atoms. The van der Waals surface area contributed by atoms with E-state index in [2.05, 4.69) is 22.0 Å². The molecule has 3 rings (SSSR count). The Bertz CT molecular complexity index is 415. The predicted molar refractivity (Wildman–Crippen MR) is 61.2 cm³/mol. The van der Waals surface area contributed by atoms with Crippen LogP contribution in [0.2, 0.25) is 0 Å². The number of fused-ring (bicyclic) bond motifs is 3. The molecule has 0 amide bonds. The topological polar surface area (TPSA) is 29.5 Å². The number of rotatable bonds is 0. The van der Waals surface area contributed by atoms with Crippen LogP contribution in [0.1, 0.15) is 35.6 Å². The fourth-order valence-corrected chi connectivity index (χ4v) is 3.39. The maximum Gasteiger partial charge on any atom is 0.126 e. The van der Waals surface area contributed by atoms with Gasteiger partial charge in [0, 0.05) is 22.0 Å². The van der Waals surface area contributed by atoms with Gasteiger partial charge in [0.2, 0.25) is 0 Å². The number of hydrogen-bond donors (Lipinski definition) is 1. The van der Waals surface area contributed by atoms with E-state index in [-0.39, 0.29) is 6.10 Å². The summed E-state index contributed by atoms with van der Waals surface area (Å²) in [5.74, 6) is 1.05. The lowest BCUT2D eigenvalue weighted by Gasteiger charge is -2.24. The summed E-state index contributed by atoms with van der Waals surface area (Å²) in [6.07, 6.45) is 3.63. The van der Waals surface area contributed by atoms with E-state index in [1.807, 2.05) is 0 Å². The van der Waals surface area contributed by atoms with Gasteiger partial charge in [0.1, 0.15) is 5.75 Å². The zero-order chi connectivity index (χ0) is 10.4. The highest BCUT2D eigenvalue weighted by molar-refractivity contribution is 9.10. The Balaban J connectivity index is 2.24. The number of aliphatic hydroxyl groups is 1. The fraction of sp³-hybridized carbons (Fsp3) is 0.500. The van der Waals surface area contributed by atoms with E-state index < -0.39 is 0 Å². The third-order valence-corrected chi connectivity index (χ3v) is 3.96. The summed E-state index contributed by atoms with van der Waals surface area (Å²) in [5, 5.41) is 9.99. The van der Waals surface area contributed by atoms with E-state index in [9.17, 15) is 5.11 Å². The van der Waals surface area contributed by atoms with Crippen molar-refractivity contribution in [3.8, 4) is 5.75 Å².